The predicted molar refractivity (Wildman–Crippen MR) is 51.0 cm³/mol. The molecule has 2 aromatic heterocycles. The minimum Gasteiger partial charge on any atom is -0.365 e. The summed E-state index contributed by atoms with van der Waals surface area (Å²) in [5.41, 5.74) is 6.65. The highest BCUT2D eigenvalue weighted by molar-refractivity contribution is 5.98. The number of nitrogens with two attached hydrogens (primary N) is 1. The van der Waals surface area contributed by atoms with Gasteiger partial charge < -0.3 is 5.73 Å². The molecule has 6 heteroatoms. The average Bonchev–Trinajstić information content (AvgIpc) is 2.61. The fourth-order valence-electron chi connectivity index (χ4n) is 1.34. The Morgan fingerprint density at radius 2 is 2.40 bits per heavy atom. The van der Waals surface area contributed by atoms with Gasteiger partial charge in [0, 0.05) is 5.69 Å². The van der Waals surface area contributed by atoms with Gasteiger partial charge in [-0.05, 0) is 13.0 Å². The molecule has 2 aromatic rings. The molecule has 0 fully saturated rings. The first kappa shape index (κ1) is 9.15. The summed E-state index contributed by atoms with van der Waals surface area (Å²) in [6, 6.07) is 3.50. The molecule has 2 heterocycles. The quantitative estimate of drug-likeness (QED) is 0.702. The van der Waals surface area contributed by atoms with Crippen LogP contribution in [0, 0.1) is 18.3 Å². The van der Waals surface area contributed by atoms with Gasteiger partial charge in [0.1, 0.15) is 17.3 Å². The predicted octanol–water partition coefficient (Wildman–Crippen LogP) is 0.00830. The first-order chi connectivity index (χ1) is 7.13. The van der Waals surface area contributed by atoms with Crippen LogP contribution in [0.1, 0.15) is 21.7 Å². The number of amides is 1. The Morgan fingerprint density at radius 3 is 3.00 bits per heavy atom. The molecule has 74 valence electrons. The Bertz CT molecular complexity index is 592. The van der Waals surface area contributed by atoms with E-state index in [1.54, 1.807) is 13.0 Å². The number of primary amides is 1. The molecule has 0 aromatic carbocycles. The Morgan fingerprint density at radius 1 is 1.67 bits per heavy atom. The SMILES string of the molecule is Cc1cc(C#N)nc2c(C(N)=O)cnn12. The van der Waals surface area contributed by atoms with Crippen molar-refractivity contribution in [1.29, 1.82) is 5.26 Å². The number of carbonyl (C=O) groups is 1. The fraction of sp³-hybridized carbons (Fsp3) is 0.111. The van der Waals surface area contributed by atoms with Gasteiger partial charge in [-0.3, -0.25) is 4.79 Å². The summed E-state index contributed by atoms with van der Waals surface area (Å²) >= 11 is 0. The largest absolute Gasteiger partial charge is 0.365 e. The first-order valence-electron chi connectivity index (χ1n) is 4.19. The first-order valence-corrected chi connectivity index (χ1v) is 4.19. The summed E-state index contributed by atoms with van der Waals surface area (Å²) in [5, 5.41) is 12.7. The molecule has 2 rings (SSSR count). The van der Waals surface area contributed by atoms with Crippen LogP contribution in [0.5, 0.6) is 0 Å². The van der Waals surface area contributed by atoms with Crippen molar-refractivity contribution in [1.82, 2.24) is 14.6 Å². The molecule has 0 spiro atoms. The molecule has 0 saturated heterocycles. The minimum absolute atomic E-state index is 0.218. The van der Waals surface area contributed by atoms with Crippen LogP contribution in [0.15, 0.2) is 12.3 Å². The second kappa shape index (κ2) is 3.06. The van der Waals surface area contributed by atoms with Crippen molar-refractivity contribution >= 4 is 11.6 Å². The molecule has 0 saturated carbocycles. The number of hydrogen-bond donors (Lipinski definition) is 1. The number of nitriles is 1. The standard InChI is InChI=1S/C9H7N5O/c1-5-2-6(3-10)13-9-7(8(11)15)4-12-14(5)9/h2,4H,1H3,(H2,11,15). The lowest BCUT2D eigenvalue weighted by Gasteiger charge is -1.99. The van der Waals surface area contributed by atoms with Crippen LogP contribution in [0.25, 0.3) is 5.65 Å². The van der Waals surface area contributed by atoms with Gasteiger partial charge in [0.25, 0.3) is 5.91 Å². The Labute approximate surface area is 84.9 Å². The van der Waals surface area contributed by atoms with Crippen molar-refractivity contribution in [3.05, 3.63) is 29.2 Å². The lowest BCUT2D eigenvalue weighted by Crippen LogP contribution is -2.11. The van der Waals surface area contributed by atoms with Gasteiger partial charge >= 0.3 is 0 Å². The molecule has 0 aliphatic heterocycles. The second-order valence-electron chi connectivity index (χ2n) is 3.05. The van der Waals surface area contributed by atoms with Crippen LogP contribution in [0.3, 0.4) is 0 Å². The van der Waals surface area contributed by atoms with Gasteiger partial charge in [-0.15, -0.1) is 0 Å². The number of aryl methyl sites for hydroxylation is 1. The van der Waals surface area contributed by atoms with Gasteiger partial charge in [0.15, 0.2) is 5.65 Å². The van der Waals surface area contributed by atoms with Crippen LogP contribution in [-0.4, -0.2) is 20.5 Å². The third-order valence-electron chi connectivity index (χ3n) is 2.03. The molecule has 0 bridgehead atoms. The van der Waals surface area contributed by atoms with Gasteiger partial charge in [-0.1, -0.05) is 0 Å². The van der Waals surface area contributed by atoms with E-state index >= 15 is 0 Å². The summed E-state index contributed by atoms with van der Waals surface area (Å²) in [4.78, 5) is 15.0. The molecule has 0 aliphatic rings. The number of hydrogen-bond acceptors (Lipinski definition) is 4. The van der Waals surface area contributed by atoms with Gasteiger partial charge in [0.2, 0.25) is 0 Å². The van der Waals surface area contributed by atoms with Crippen LogP contribution >= 0.6 is 0 Å². The van der Waals surface area contributed by atoms with Crippen molar-refractivity contribution < 1.29 is 4.79 Å². The highest BCUT2D eigenvalue weighted by Crippen LogP contribution is 2.10. The third kappa shape index (κ3) is 1.30. The zero-order chi connectivity index (χ0) is 11.0. The zero-order valence-electron chi connectivity index (χ0n) is 7.93. The molecule has 0 aliphatic carbocycles. The highest BCUT2D eigenvalue weighted by atomic mass is 16.1. The van der Waals surface area contributed by atoms with Gasteiger partial charge in [0.05, 0.1) is 6.20 Å². The Kier molecular flexibility index (Phi) is 1.87. The maximum absolute atomic E-state index is 11.0. The molecule has 6 nitrogen and oxygen atoms in total. The lowest BCUT2D eigenvalue weighted by atomic mass is 10.3. The van der Waals surface area contributed by atoms with Crippen molar-refractivity contribution in [2.75, 3.05) is 0 Å². The van der Waals surface area contributed by atoms with Crippen molar-refractivity contribution in [2.45, 2.75) is 6.92 Å². The molecular formula is C9H7N5O. The van der Waals surface area contributed by atoms with Crippen LogP contribution in [0.4, 0.5) is 0 Å². The molecule has 15 heavy (non-hydrogen) atoms. The summed E-state index contributed by atoms with van der Waals surface area (Å²) in [7, 11) is 0. The number of nitrogens with zero attached hydrogens (tertiary/aromatic N) is 4. The zero-order valence-corrected chi connectivity index (χ0v) is 7.93. The van der Waals surface area contributed by atoms with Crippen molar-refractivity contribution in [3.63, 3.8) is 0 Å². The Hall–Kier alpha value is -2.42. The van der Waals surface area contributed by atoms with Crippen molar-refractivity contribution in [2.24, 2.45) is 5.73 Å². The Balaban J connectivity index is 2.85. The monoisotopic (exact) mass is 201 g/mol. The number of aromatic nitrogens is 3. The molecule has 0 radical (unpaired) electrons. The summed E-state index contributed by atoms with van der Waals surface area (Å²) in [5.74, 6) is -0.605. The molecular weight excluding hydrogens is 194 g/mol. The third-order valence-corrected chi connectivity index (χ3v) is 2.03. The summed E-state index contributed by atoms with van der Waals surface area (Å²) < 4.78 is 1.47. The fourth-order valence-corrected chi connectivity index (χ4v) is 1.34. The van der Waals surface area contributed by atoms with E-state index in [4.69, 9.17) is 11.0 Å². The van der Waals surface area contributed by atoms with E-state index in [1.165, 1.54) is 10.7 Å². The number of carbonyl (C=O) groups excluding carboxylic acids is 1. The molecule has 0 unspecified atom stereocenters. The topological polar surface area (TPSA) is 97.1 Å². The van der Waals surface area contributed by atoms with Gasteiger partial charge in [-0.25, -0.2) is 9.50 Å². The van der Waals surface area contributed by atoms with E-state index in [0.29, 0.717) is 5.65 Å². The van der Waals surface area contributed by atoms with E-state index < -0.39 is 5.91 Å². The highest BCUT2D eigenvalue weighted by Gasteiger charge is 2.12. The normalized spacial score (nSPS) is 10.1. The van der Waals surface area contributed by atoms with E-state index in [9.17, 15) is 4.79 Å². The van der Waals surface area contributed by atoms with E-state index in [1.807, 2.05) is 6.07 Å². The number of fused-ring (bicyclic) bond motifs is 1. The van der Waals surface area contributed by atoms with Gasteiger partial charge in [-0.2, -0.15) is 10.4 Å². The molecule has 1 amide bonds. The second-order valence-corrected chi connectivity index (χ2v) is 3.05. The average molecular weight is 201 g/mol. The van der Waals surface area contributed by atoms with Crippen molar-refractivity contribution in [3.8, 4) is 6.07 Å². The summed E-state index contributed by atoms with van der Waals surface area (Å²) in [6.07, 6.45) is 1.35. The van der Waals surface area contributed by atoms with E-state index in [-0.39, 0.29) is 11.3 Å². The maximum atomic E-state index is 11.0. The number of rotatable bonds is 1. The molecule has 0 atom stereocenters. The van der Waals surface area contributed by atoms with E-state index in [0.717, 1.165) is 5.69 Å². The van der Waals surface area contributed by atoms with Crippen LogP contribution in [0.2, 0.25) is 0 Å². The van der Waals surface area contributed by atoms with E-state index in [2.05, 4.69) is 10.1 Å². The summed E-state index contributed by atoms with van der Waals surface area (Å²) in [6.45, 7) is 1.77. The minimum atomic E-state index is -0.605. The lowest BCUT2D eigenvalue weighted by molar-refractivity contribution is 0.100. The maximum Gasteiger partial charge on any atom is 0.254 e. The van der Waals surface area contributed by atoms with Crippen LogP contribution in [-0.2, 0) is 0 Å². The molecule has 2 N–H and O–H groups in total. The smallest absolute Gasteiger partial charge is 0.254 e. The van der Waals surface area contributed by atoms with Crippen LogP contribution < -0.4 is 5.73 Å².